The molecule has 1 fully saturated rings. The van der Waals surface area contributed by atoms with Crippen molar-refractivity contribution in [3.05, 3.63) is 11.1 Å². The smallest absolute Gasteiger partial charge is 0.00418 e. The van der Waals surface area contributed by atoms with Gasteiger partial charge in [0.25, 0.3) is 0 Å². The summed E-state index contributed by atoms with van der Waals surface area (Å²) in [6.45, 7) is 4.55. The molecule has 1 unspecified atom stereocenters. The molecular formula is C15H29N. The van der Waals surface area contributed by atoms with Crippen molar-refractivity contribution in [3.63, 3.8) is 0 Å². The Hall–Kier alpha value is -0.300. The number of hydrogen-bond donors (Lipinski definition) is 1. The Morgan fingerprint density at radius 3 is 2.44 bits per heavy atom. The van der Waals surface area contributed by atoms with Gasteiger partial charge < -0.3 is 5.73 Å². The average Bonchev–Trinajstić information content (AvgIpc) is 3.09. The molecule has 1 aliphatic rings. The van der Waals surface area contributed by atoms with Crippen molar-refractivity contribution in [1.82, 2.24) is 0 Å². The minimum absolute atomic E-state index is 0.441. The number of rotatable bonds is 9. The minimum Gasteiger partial charge on any atom is -0.328 e. The van der Waals surface area contributed by atoms with E-state index >= 15 is 0 Å². The van der Waals surface area contributed by atoms with Crippen molar-refractivity contribution < 1.29 is 0 Å². The topological polar surface area (TPSA) is 26.0 Å². The van der Waals surface area contributed by atoms with E-state index in [2.05, 4.69) is 13.8 Å². The molecule has 1 saturated carbocycles. The second-order valence-electron chi connectivity index (χ2n) is 5.39. The number of hydrogen-bond acceptors (Lipinski definition) is 1. The molecule has 1 nitrogen and oxygen atoms in total. The highest BCUT2D eigenvalue weighted by molar-refractivity contribution is 5.23. The van der Waals surface area contributed by atoms with Crippen LogP contribution in [0.2, 0.25) is 0 Å². The first-order chi connectivity index (χ1) is 7.74. The van der Waals surface area contributed by atoms with E-state index < -0.39 is 0 Å². The largest absolute Gasteiger partial charge is 0.328 e. The Morgan fingerprint density at radius 2 is 1.81 bits per heavy atom. The van der Waals surface area contributed by atoms with Crippen molar-refractivity contribution >= 4 is 0 Å². The van der Waals surface area contributed by atoms with E-state index in [0.717, 1.165) is 0 Å². The molecular weight excluding hydrogens is 194 g/mol. The molecule has 0 heterocycles. The van der Waals surface area contributed by atoms with Crippen LogP contribution in [0.4, 0.5) is 0 Å². The molecule has 0 amide bonds. The Labute approximate surface area is 101 Å². The first-order valence-electron chi connectivity index (χ1n) is 7.17. The molecule has 16 heavy (non-hydrogen) atoms. The van der Waals surface area contributed by atoms with E-state index in [4.69, 9.17) is 5.73 Å². The second kappa shape index (κ2) is 7.89. The average molecular weight is 223 g/mol. The van der Waals surface area contributed by atoms with Crippen LogP contribution < -0.4 is 5.73 Å². The third-order valence-corrected chi connectivity index (χ3v) is 3.67. The van der Waals surface area contributed by atoms with Crippen LogP contribution in [0.15, 0.2) is 11.1 Å². The summed E-state index contributed by atoms with van der Waals surface area (Å²) in [5.41, 5.74) is 9.46. The van der Waals surface area contributed by atoms with Gasteiger partial charge in [-0.2, -0.15) is 0 Å². The lowest BCUT2D eigenvalue weighted by molar-refractivity contribution is 0.515. The van der Waals surface area contributed by atoms with Crippen LogP contribution in [0, 0.1) is 0 Å². The van der Waals surface area contributed by atoms with Crippen LogP contribution >= 0.6 is 0 Å². The number of nitrogens with two attached hydrogens (primary N) is 1. The quantitative estimate of drug-likeness (QED) is 0.450. The van der Waals surface area contributed by atoms with Gasteiger partial charge in [-0.15, -0.1) is 0 Å². The van der Waals surface area contributed by atoms with E-state index in [0.29, 0.717) is 6.04 Å². The summed E-state index contributed by atoms with van der Waals surface area (Å²) in [4.78, 5) is 0. The predicted molar refractivity (Wildman–Crippen MR) is 72.5 cm³/mol. The van der Waals surface area contributed by atoms with Crippen molar-refractivity contribution in [2.75, 3.05) is 0 Å². The van der Waals surface area contributed by atoms with Crippen LogP contribution in [0.25, 0.3) is 0 Å². The lowest BCUT2D eigenvalue weighted by Crippen LogP contribution is -2.19. The zero-order valence-corrected chi connectivity index (χ0v) is 11.2. The molecule has 0 aromatic heterocycles. The molecule has 2 N–H and O–H groups in total. The van der Waals surface area contributed by atoms with E-state index in [9.17, 15) is 0 Å². The summed E-state index contributed by atoms with van der Waals surface area (Å²) in [6.07, 6.45) is 13.2. The molecule has 0 radical (unpaired) electrons. The predicted octanol–water partition coefficient (Wildman–Crippen LogP) is 4.56. The number of unbranched alkanes of at least 4 members (excludes halogenated alkanes) is 4. The molecule has 1 rings (SSSR count). The number of allylic oxidation sites excluding steroid dienone is 2. The molecule has 0 aromatic carbocycles. The van der Waals surface area contributed by atoms with E-state index in [1.807, 2.05) is 0 Å². The van der Waals surface area contributed by atoms with Crippen LogP contribution in [-0.2, 0) is 0 Å². The third-order valence-electron chi connectivity index (χ3n) is 3.67. The van der Waals surface area contributed by atoms with E-state index in [1.54, 1.807) is 11.1 Å². The van der Waals surface area contributed by atoms with Crippen molar-refractivity contribution in [1.29, 1.82) is 0 Å². The highest BCUT2D eigenvalue weighted by Gasteiger charge is 2.14. The van der Waals surface area contributed by atoms with Gasteiger partial charge in [0, 0.05) is 6.04 Å². The molecule has 1 atom stereocenters. The normalized spacial score (nSPS) is 16.3. The van der Waals surface area contributed by atoms with Crippen molar-refractivity contribution in [2.45, 2.75) is 84.1 Å². The lowest BCUT2D eigenvalue weighted by atomic mass is 10.0. The molecule has 0 aromatic rings. The van der Waals surface area contributed by atoms with Gasteiger partial charge in [-0.1, -0.05) is 50.2 Å². The Kier molecular flexibility index (Phi) is 6.79. The molecule has 94 valence electrons. The molecule has 0 bridgehead atoms. The molecule has 0 spiro atoms. The molecule has 1 heteroatoms. The monoisotopic (exact) mass is 223 g/mol. The van der Waals surface area contributed by atoms with Gasteiger partial charge >= 0.3 is 0 Å². The lowest BCUT2D eigenvalue weighted by Gasteiger charge is -2.11. The van der Waals surface area contributed by atoms with Gasteiger partial charge in [-0.3, -0.25) is 0 Å². The summed E-state index contributed by atoms with van der Waals surface area (Å²) in [5, 5.41) is 0. The zero-order valence-electron chi connectivity index (χ0n) is 11.2. The van der Waals surface area contributed by atoms with Crippen LogP contribution in [0.3, 0.4) is 0 Å². The SMILES string of the molecule is CCCCCCCC(N)CCC(C)=C1CC1. The molecule has 0 aliphatic heterocycles. The third kappa shape index (κ3) is 6.32. The fourth-order valence-electron chi connectivity index (χ4n) is 2.22. The second-order valence-corrected chi connectivity index (χ2v) is 5.39. The summed E-state index contributed by atoms with van der Waals surface area (Å²) in [7, 11) is 0. The standard InChI is InChI=1S/C15H29N/c1-3-4-5-6-7-8-15(16)12-9-13(2)14-10-11-14/h15H,3-12,16H2,1-2H3. The van der Waals surface area contributed by atoms with Gasteiger partial charge in [-0.25, -0.2) is 0 Å². The highest BCUT2D eigenvalue weighted by atomic mass is 14.6. The van der Waals surface area contributed by atoms with Gasteiger partial charge in [0.1, 0.15) is 0 Å². The van der Waals surface area contributed by atoms with Crippen LogP contribution in [-0.4, -0.2) is 6.04 Å². The molecule has 1 aliphatic carbocycles. The Morgan fingerprint density at radius 1 is 1.12 bits per heavy atom. The maximum atomic E-state index is 6.13. The van der Waals surface area contributed by atoms with Crippen molar-refractivity contribution in [3.8, 4) is 0 Å². The van der Waals surface area contributed by atoms with Gasteiger partial charge in [0.15, 0.2) is 0 Å². The van der Waals surface area contributed by atoms with Gasteiger partial charge in [0.2, 0.25) is 0 Å². The zero-order chi connectivity index (χ0) is 11.8. The fraction of sp³-hybridized carbons (Fsp3) is 0.867. The summed E-state index contributed by atoms with van der Waals surface area (Å²) < 4.78 is 0. The Bertz CT molecular complexity index is 211. The highest BCUT2D eigenvalue weighted by Crippen LogP contribution is 2.33. The Balaban J connectivity index is 1.94. The summed E-state index contributed by atoms with van der Waals surface area (Å²) in [6, 6.07) is 0.441. The summed E-state index contributed by atoms with van der Waals surface area (Å²) in [5.74, 6) is 0. The minimum atomic E-state index is 0.441. The van der Waals surface area contributed by atoms with E-state index in [-0.39, 0.29) is 0 Å². The fourth-order valence-corrected chi connectivity index (χ4v) is 2.22. The molecule has 0 saturated heterocycles. The first kappa shape index (κ1) is 13.8. The maximum absolute atomic E-state index is 6.13. The van der Waals surface area contributed by atoms with E-state index in [1.165, 1.54) is 64.2 Å². The van der Waals surface area contributed by atoms with Gasteiger partial charge in [0.05, 0.1) is 0 Å². The van der Waals surface area contributed by atoms with Gasteiger partial charge in [-0.05, 0) is 39.0 Å². The van der Waals surface area contributed by atoms with Crippen LogP contribution in [0.1, 0.15) is 78.1 Å². The van der Waals surface area contributed by atoms with Crippen molar-refractivity contribution in [2.24, 2.45) is 5.73 Å². The summed E-state index contributed by atoms with van der Waals surface area (Å²) >= 11 is 0. The first-order valence-corrected chi connectivity index (χ1v) is 7.17. The maximum Gasteiger partial charge on any atom is 0.00418 e. The van der Waals surface area contributed by atoms with Crippen LogP contribution in [0.5, 0.6) is 0 Å².